The quantitative estimate of drug-likeness (QED) is 0.851. The molecular formula is C14H16N2O2S. The second-order valence-corrected chi connectivity index (χ2v) is 5.28. The maximum Gasteiger partial charge on any atom is 0.365 e. The van der Waals surface area contributed by atoms with E-state index in [9.17, 15) is 4.79 Å². The summed E-state index contributed by atoms with van der Waals surface area (Å²) in [6, 6.07) is 10.6. The number of aromatic carboxylic acids is 1. The monoisotopic (exact) mass is 276 g/mol. The lowest BCUT2D eigenvalue weighted by atomic mass is 10.1. The van der Waals surface area contributed by atoms with Gasteiger partial charge in [0.05, 0.1) is 5.69 Å². The first kappa shape index (κ1) is 13.7. The molecule has 0 bridgehead atoms. The number of hydrogen-bond acceptors (Lipinski definition) is 4. The van der Waals surface area contributed by atoms with Gasteiger partial charge in [0, 0.05) is 18.0 Å². The van der Waals surface area contributed by atoms with Crippen LogP contribution in [0.5, 0.6) is 0 Å². The van der Waals surface area contributed by atoms with Crippen molar-refractivity contribution in [2.75, 3.05) is 0 Å². The molecule has 0 aliphatic heterocycles. The van der Waals surface area contributed by atoms with Crippen molar-refractivity contribution in [1.82, 2.24) is 10.3 Å². The van der Waals surface area contributed by atoms with E-state index in [1.165, 1.54) is 5.56 Å². The van der Waals surface area contributed by atoms with Gasteiger partial charge in [-0.25, -0.2) is 9.78 Å². The molecule has 0 saturated carbocycles. The number of carbonyl (C=O) groups is 1. The Morgan fingerprint density at radius 2 is 2.16 bits per heavy atom. The molecule has 2 rings (SSSR count). The summed E-state index contributed by atoms with van der Waals surface area (Å²) >= 11 is 1.16. The molecule has 1 unspecified atom stereocenters. The minimum Gasteiger partial charge on any atom is -0.476 e. The van der Waals surface area contributed by atoms with E-state index in [0.29, 0.717) is 12.6 Å². The number of nitrogens with zero attached hydrogens (tertiary/aromatic N) is 1. The van der Waals surface area contributed by atoms with Crippen LogP contribution < -0.4 is 5.32 Å². The van der Waals surface area contributed by atoms with Crippen LogP contribution in [0.25, 0.3) is 0 Å². The van der Waals surface area contributed by atoms with Gasteiger partial charge < -0.3 is 10.4 Å². The maximum atomic E-state index is 10.7. The third kappa shape index (κ3) is 4.15. The van der Waals surface area contributed by atoms with E-state index in [1.807, 2.05) is 18.2 Å². The smallest absolute Gasteiger partial charge is 0.365 e. The van der Waals surface area contributed by atoms with Crippen molar-refractivity contribution in [3.8, 4) is 0 Å². The molecule has 0 amide bonds. The molecule has 0 aliphatic rings. The molecule has 100 valence electrons. The Labute approximate surface area is 116 Å². The summed E-state index contributed by atoms with van der Waals surface area (Å²) in [6.45, 7) is 2.70. The largest absolute Gasteiger partial charge is 0.476 e. The molecule has 0 spiro atoms. The lowest BCUT2D eigenvalue weighted by Gasteiger charge is -2.12. The van der Waals surface area contributed by atoms with Gasteiger partial charge in [0.25, 0.3) is 0 Å². The molecule has 4 nitrogen and oxygen atoms in total. The molecule has 0 saturated heterocycles. The summed E-state index contributed by atoms with van der Waals surface area (Å²) in [5.41, 5.74) is 2.06. The number of carboxylic acid groups (broad SMARTS) is 1. The number of benzene rings is 1. The van der Waals surface area contributed by atoms with Crippen molar-refractivity contribution in [2.45, 2.75) is 25.9 Å². The zero-order valence-electron chi connectivity index (χ0n) is 10.7. The van der Waals surface area contributed by atoms with Gasteiger partial charge in [0.2, 0.25) is 5.01 Å². The summed E-state index contributed by atoms with van der Waals surface area (Å²) in [6.07, 6.45) is 0.941. The minimum atomic E-state index is -0.964. The van der Waals surface area contributed by atoms with Gasteiger partial charge in [-0.15, -0.1) is 11.3 Å². The highest BCUT2D eigenvalue weighted by Gasteiger charge is 2.09. The van der Waals surface area contributed by atoms with Crippen molar-refractivity contribution in [1.29, 1.82) is 0 Å². The van der Waals surface area contributed by atoms with Crippen molar-refractivity contribution in [3.05, 3.63) is 52.0 Å². The van der Waals surface area contributed by atoms with Crippen molar-refractivity contribution in [3.63, 3.8) is 0 Å². The molecule has 1 heterocycles. The first-order chi connectivity index (χ1) is 9.15. The number of hydrogen-bond donors (Lipinski definition) is 2. The topological polar surface area (TPSA) is 62.2 Å². The Hall–Kier alpha value is -1.72. The van der Waals surface area contributed by atoms with Gasteiger partial charge in [-0.3, -0.25) is 0 Å². The molecule has 5 heteroatoms. The van der Waals surface area contributed by atoms with E-state index in [1.54, 1.807) is 5.38 Å². The third-order valence-corrected chi connectivity index (χ3v) is 3.63. The van der Waals surface area contributed by atoms with Gasteiger partial charge in [0.15, 0.2) is 0 Å². The summed E-state index contributed by atoms with van der Waals surface area (Å²) in [5, 5.41) is 14.1. The zero-order chi connectivity index (χ0) is 13.7. The van der Waals surface area contributed by atoms with Crippen LogP contribution in [0.4, 0.5) is 0 Å². The Kier molecular flexibility index (Phi) is 4.65. The van der Waals surface area contributed by atoms with E-state index in [-0.39, 0.29) is 5.01 Å². The number of nitrogens with one attached hydrogen (secondary N) is 1. The fourth-order valence-electron chi connectivity index (χ4n) is 1.81. The fraction of sp³-hybridized carbons (Fsp3) is 0.286. The van der Waals surface area contributed by atoms with Gasteiger partial charge in [-0.05, 0) is 18.9 Å². The molecule has 19 heavy (non-hydrogen) atoms. The molecule has 2 N–H and O–H groups in total. The molecule has 0 fully saturated rings. The van der Waals surface area contributed by atoms with Gasteiger partial charge >= 0.3 is 5.97 Å². The number of thiazole rings is 1. The first-order valence-corrected chi connectivity index (χ1v) is 6.98. The van der Waals surface area contributed by atoms with Crippen LogP contribution in [0.1, 0.15) is 28.0 Å². The highest BCUT2D eigenvalue weighted by molar-refractivity contribution is 7.11. The Bertz CT molecular complexity index is 539. The second kappa shape index (κ2) is 6.45. The lowest BCUT2D eigenvalue weighted by Crippen LogP contribution is -2.27. The van der Waals surface area contributed by atoms with Crippen LogP contribution in [0.3, 0.4) is 0 Å². The lowest BCUT2D eigenvalue weighted by molar-refractivity contribution is 0.0696. The van der Waals surface area contributed by atoms with Crippen LogP contribution in [0, 0.1) is 0 Å². The van der Waals surface area contributed by atoms with E-state index < -0.39 is 5.97 Å². The highest BCUT2D eigenvalue weighted by atomic mass is 32.1. The van der Waals surface area contributed by atoms with Crippen LogP contribution in [-0.4, -0.2) is 22.1 Å². The third-order valence-electron chi connectivity index (χ3n) is 2.75. The summed E-state index contributed by atoms with van der Waals surface area (Å²) < 4.78 is 0. The van der Waals surface area contributed by atoms with Crippen molar-refractivity contribution >= 4 is 17.3 Å². The molecule has 1 aromatic carbocycles. The van der Waals surface area contributed by atoms with E-state index in [0.717, 1.165) is 23.5 Å². The van der Waals surface area contributed by atoms with Crippen molar-refractivity contribution in [2.24, 2.45) is 0 Å². The zero-order valence-corrected chi connectivity index (χ0v) is 11.5. The van der Waals surface area contributed by atoms with Gasteiger partial charge in [0.1, 0.15) is 0 Å². The second-order valence-electron chi connectivity index (χ2n) is 4.42. The Morgan fingerprint density at radius 1 is 1.42 bits per heavy atom. The Balaban J connectivity index is 1.83. The molecule has 2 aromatic rings. The van der Waals surface area contributed by atoms with Gasteiger partial charge in [-0.1, -0.05) is 30.3 Å². The summed E-state index contributed by atoms with van der Waals surface area (Å²) in [5.74, 6) is -0.964. The maximum absolute atomic E-state index is 10.7. The van der Waals surface area contributed by atoms with Crippen LogP contribution in [0.15, 0.2) is 35.7 Å². The van der Waals surface area contributed by atoms with Crippen LogP contribution in [0.2, 0.25) is 0 Å². The normalized spacial score (nSPS) is 12.3. The molecule has 0 aliphatic carbocycles. The summed E-state index contributed by atoms with van der Waals surface area (Å²) in [7, 11) is 0. The number of carboxylic acids is 1. The molecule has 1 aromatic heterocycles. The minimum absolute atomic E-state index is 0.146. The average molecular weight is 276 g/mol. The van der Waals surface area contributed by atoms with E-state index >= 15 is 0 Å². The molecular weight excluding hydrogens is 260 g/mol. The highest BCUT2D eigenvalue weighted by Crippen LogP contribution is 2.10. The predicted molar refractivity (Wildman–Crippen MR) is 75.5 cm³/mol. The van der Waals surface area contributed by atoms with Crippen molar-refractivity contribution < 1.29 is 9.90 Å². The van der Waals surface area contributed by atoms with Crippen LogP contribution >= 0.6 is 11.3 Å². The summed E-state index contributed by atoms with van der Waals surface area (Å²) in [4.78, 5) is 14.8. The first-order valence-electron chi connectivity index (χ1n) is 6.10. The SMILES string of the molecule is CC(Cc1ccccc1)NCc1csc(C(=O)O)n1. The number of aromatic nitrogens is 1. The van der Waals surface area contributed by atoms with E-state index in [2.05, 4.69) is 29.4 Å². The average Bonchev–Trinajstić information content (AvgIpc) is 2.86. The standard InChI is InChI=1S/C14H16N2O2S/c1-10(7-11-5-3-2-4-6-11)15-8-12-9-19-13(16-12)14(17)18/h2-6,9-10,15H,7-8H2,1H3,(H,17,18). The van der Waals surface area contributed by atoms with Crippen LogP contribution in [-0.2, 0) is 13.0 Å². The molecule has 1 atom stereocenters. The van der Waals surface area contributed by atoms with E-state index in [4.69, 9.17) is 5.11 Å². The van der Waals surface area contributed by atoms with Gasteiger partial charge in [-0.2, -0.15) is 0 Å². The fourth-order valence-corrected chi connectivity index (χ4v) is 2.46. The predicted octanol–water partition coefficient (Wildman–Crippen LogP) is 2.56. The number of rotatable bonds is 6. The molecule has 0 radical (unpaired) electrons. The Morgan fingerprint density at radius 3 is 2.79 bits per heavy atom.